The SMILES string of the molecule is Cc1ccccc1SCC(O)c1cnccc1C(F)(F)F. The fourth-order valence-electron chi connectivity index (χ4n) is 1.91. The molecule has 1 atom stereocenters. The minimum Gasteiger partial charge on any atom is -0.387 e. The van der Waals surface area contributed by atoms with Crippen LogP contribution in [0.5, 0.6) is 0 Å². The Morgan fingerprint density at radius 3 is 2.62 bits per heavy atom. The van der Waals surface area contributed by atoms with Crippen molar-refractivity contribution >= 4 is 11.8 Å². The molecule has 0 saturated carbocycles. The third-order valence-corrected chi connectivity index (χ3v) is 4.26. The molecule has 21 heavy (non-hydrogen) atoms. The Kier molecular flexibility index (Phi) is 4.90. The topological polar surface area (TPSA) is 33.1 Å². The van der Waals surface area contributed by atoms with Gasteiger partial charge < -0.3 is 5.11 Å². The fourth-order valence-corrected chi connectivity index (χ4v) is 2.89. The van der Waals surface area contributed by atoms with Gasteiger partial charge >= 0.3 is 6.18 Å². The Balaban J connectivity index is 2.15. The van der Waals surface area contributed by atoms with E-state index in [1.165, 1.54) is 11.8 Å². The minimum absolute atomic E-state index is 0.139. The van der Waals surface area contributed by atoms with Gasteiger partial charge in [-0.05, 0) is 24.6 Å². The van der Waals surface area contributed by atoms with Gasteiger partial charge in [-0.2, -0.15) is 13.2 Å². The highest BCUT2D eigenvalue weighted by Crippen LogP contribution is 2.35. The molecular formula is C15H14F3NOS. The van der Waals surface area contributed by atoms with Crippen molar-refractivity contribution in [2.45, 2.75) is 24.1 Å². The first-order valence-corrected chi connectivity index (χ1v) is 7.25. The fraction of sp³-hybridized carbons (Fsp3) is 0.267. The van der Waals surface area contributed by atoms with Crippen LogP contribution in [0.1, 0.15) is 22.8 Å². The molecule has 0 fully saturated rings. The summed E-state index contributed by atoms with van der Waals surface area (Å²) in [7, 11) is 0. The second-order valence-electron chi connectivity index (χ2n) is 4.55. The number of aryl methyl sites for hydroxylation is 1. The van der Waals surface area contributed by atoms with Gasteiger partial charge in [-0.25, -0.2) is 0 Å². The van der Waals surface area contributed by atoms with E-state index >= 15 is 0 Å². The van der Waals surface area contributed by atoms with E-state index in [1.807, 2.05) is 31.2 Å². The van der Waals surface area contributed by atoms with E-state index in [4.69, 9.17) is 0 Å². The van der Waals surface area contributed by atoms with Crippen molar-refractivity contribution in [1.29, 1.82) is 0 Å². The van der Waals surface area contributed by atoms with Crippen LogP contribution in [0.3, 0.4) is 0 Å². The van der Waals surface area contributed by atoms with Crippen LogP contribution in [0.2, 0.25) is 0 Å². The number of rotatable bonds is 4. The van der Waals surface area contributed by atoms with Crippen molar-refractivity contribution in [3.8, 4) is 0 Å². The second kappa shape index (κ2) is 6.49. The summed E-state index contributed by atoms with van der Waals surface area (Å²) in [5.41, 5.74) is -0.00148. The van der Waals surface area contributed by atoms with Crippen molar-refractivity contribution in [2.24, 2.45) is 0 Å². The van der Waals surface area contributed by atoms with E-state index < -0.39 is 17.8 Å². The number of pyridine rings is 1. The number of aliphatic hydroxyl groups excluding tert-OH is 1. The summed E-state index contributed by atoms with van der Waals surface area (Å²) in [6.45, 7) is 1.92. The highest BCUT2D eigenvalue weighted by molar-refractivity contribution is 7.99. The molecule has 0 amide bonds. The molecule has 1 N–H and O–H groups in total. The van der Waals surface area contributed by atoms with Gasteiger partial charge in [-0.1, -0.05) is 18.2 Å². The number of aromatic nitrogens is 1. The Hall–Kier alpha value is -1.53. The first-order valence-electron chi connectivity index (χ1n) is 6.27. The smallest absolute Gasteiger partial charge is 0.387 e. The van der Waals surface area contributed by atoms with Crippen LogP contribution in [-0.4, -0.2) is 15.8 Å². The molecule has 0 aliphatic rings. The van der Waals surface area contributed by atoms with Crippen LogP contribution in [0.4, 0.5) is 13.2 Å². The van der Waals surface area contributed by atoms with E-state index in [-0.39, 0.29) is 11.3 Å². The maximum absolute atomic E-state index is 12.9. The van der Waals surface area contributed by atoms with Gasteiger partial charge in [0.2, 0.25) is 0 Å². The molecule has 2 nitrogen and oxygen atoms in total. The average molecular weight is 313 g/mol. The van der Waals surface area contributed by atoms with Crippen molar-refractivity contribution in [1.82, 2.24) is 4.98 Å². The van der Waals surface area contributed by atoms with Gasteiger partial charge in [0.1, 0.15) is 0 Å². The van der Waals surface area contributed by atoms with E-state index in [0.29, 0.717) is 0 Å². The van der Waals surface area contributed by atoms with Crippen molar-refractivity contribution in [3.63, 3.8) is 0 Å². The molecule has 1 heterocycles. The number of hydrogen-bond acceptors (Lipinski definition) is 3. The highest BCUT2D eigenvalue weighted by atomic mass is 32.2. The lowest BCUT2D eigenvalue weighted by molar-refractivity contribution is -0.139. The summed E-state index contributed by atoms with van der Waals surface area (Å²) in [4.78, 5) is 4.62. The second-order valence-corrected chi connectivity index (χ2v) is 5.61. The predicted octanol–water partition coefficient (Wildman–Crippen LogP) is 4.23. The first kappa shape index (κ1) is 15.9. The standard InChI is InChI=1S/C15H14F3NOS/c1-10-4-2-3-5-14(10)21-9-13(20)11-8-19-7-6-12(11)15(16,17)18/h2-8,13,20H,9H2,1H3. The molecule has 0 aliphatic carbocycles. The number of halogens is 3. The van der Waals surface area contributed by atoms with Gasteiger partial charge in [-0.15, -0.1) is 11.8 Å². The van der Waals surface area contributed by atoms with Crippen molar-refractivity contribution in [2.75, 3.05) is 5.75 Å². The van der Waals surface area contributed by atoms with Crippen LogP contribution in [0, 0.1) is 6.92 Å². The van der Waals surface area contributed by atoms with E-state index in [1.54, 1.807) is 0 Å². The van der Waals surface area contributed by atoms with Gasteiger partial charge in [0.25, 0.3) is 0 Å². The summed E-state index contributed by atoms with van der Waals surface area (Å²) in [5.74, 6) is 0.139. The Morgan fingerprint density at radius 1 is 1.24 bits per heavy atom. The highest BCUT2D eigenvalue weighted by Gasteiger charge is 2.34. The van der Waals surface area contributed by atoms with Crippen LogP contribution in [0.25, 0.3) is 0 Å². The van der Waals surface area contributed by atoms with Crippen LogP contribution in [0.15, 0.2) is 47.6 Å². The maximum Gasteiger partial charge on any atom is 0.416 e. The lowest BCUT2D eigenvalue weighted by Crippen LogP contribution is -2.13. The summed E-state index contributed by atoms with van der Waals surface area (Å²) in [5, 5.41) is 10.1. The van der Waals surface area contributed by atoms with E-state index in [0.717, 1.165) is 28.9 Å². The molecule has 0 saturated heterocycles. The van der Waals surface area contributed by atoms with Gasteiger partial charge in [0.05, 0.1) is 11.7 Å². The van der Waals surface area contributed by atoms with Crippen LogP contribution in [-0.2, 0) is 6.18 Å². The third-order valence-electron chi connectivity index (χ3n) is 3.01. The summed E-state index contributed by atoms with van der Waals surface area (Å²) >= 11 is 1.32. The molecule has 2 rings (SSSR count). The quantitative estimate of drug-likeness (QED) is 0.857. The Labute approximate surface area is 125 Å². The molecule has 0 aliphatic heterocycles. The molecule has 0 bridgehead atoms. The number of thioether (sulfide) groups is 1. The van der Waals surface area contributed by atoms with E-state index in [2.05, 4.69) is 4.98 Å². The zero-order chi connectivity index (χ0) is 15.5. The molecule has 112 valence electrons. The molecular weight excluding hydrogens is 299 g/mol. The lowest BCUT2D eigenvalue weighted by atomic mass is 10.1. The third kappa shape index (κ3) is 3.98. The Morgan fingerprint density at radius 2 is 1.95 bits per heavy atom. The van der Waals surface area contributed by atoms with Gasteiger partial charge in [-0.3, -0.25) is 4.98 Å². The normalized spacial score (nSPS) is 13.2. The lowest BCUT2D eigenvalue weighted by Gasteiger charge is -2.17. The minimum atomic E-state index is -4.49. The number of aliphatic hydroxyl groups is 1. The van der Waals surface area contributed by atoms with Crippen molar-refractivity contribution in [3.05, 3.63) is 59.4 Å². The summed E-state index contributed by atoms with van der Waals surface area (Å²) in [6.07, 6.45) is -3.56. The molecule has 1 aromatic carbocycles. The largest absolute Gasteiger partial charge is 0.416 e. The average Bonchev–Trinajstić information content (AvgIpc) is 2.45. The molecule has 6 heteroatoms. The summed E-state index contributed by atoms with van der Waals surface area (Å²) in [6, 6.07) is 8.42. The predicted molar refractivity (Wildman–Crippen MR) is 76.1 cm³/mol. The first-order chi connectivity index (χ1) is 9.89. The zero-order valence-electron chi connectivity index (χ0n) is 11.3. The Bertz CT molecular complexity index is 616. The molecule has 1 unspecified atom stereocenters. The van der Waals surface area contributed by atoms with E-state index in [9.17, 15) is 18.3 Å². The number of alkyl halides is 3. The van der Waals surface area contributed by atoms with Gasteiger partial charge in [0, 0.05) is 28.6 Å². The van der Waals surface area contributed by atoms with Crippen LogP contribution >= 0.6 is 11.8 Å². The number of hydrogen-bond donors (Lipinski definition) is 1. The number of benzene rings is 1. The number of nitrogens with zero attached hydrogens (tertiary/aromatic N) is 1. The maximum atomic E-state index is 12.9. The van der Waals surface area contributed by atoms with Crippen molar-refractivity contribution < 1.29 is 18.3 Å². The summed E-state index contributed by atoms with van der Waals surface area (Å²) < 4.78 is 38.7. The van der Waals surface area contributed by atoms with Crippen LogP contribution < -0.4 is 0 Å². The molecule has 0 spiro atoms. The monoisotopic (exact) mass is 313 g/mol. The molecule has 0 radical (unpaired) electrons. The molecule has 1 aromatic heterocycles. The van der Waals surface area contributed by atoms with Gasteiger partial charge in [0.15, 0.2) is 0 Å². The zero-order valence-corrected chi connectivity index (χ0v) is 12.1. The molecule has 2 aromatic rings.